The molecule has 1 aromatic carbocycles. The number of hydrogen-bond acceptors (Lipinski definition) is 3. The van der Waals surface area contributed by atoms with Crippen molar-refractivity contribution in [3.05, 3.63) is 36.4 Å². The van der Waals surface area contributed by atoms with Crippen molar-refractivity contribution in [3.8, 4) is 11.3 Å². The molecule has 2 rings (SSSR count). The zero-order valence-electron chi connectivity index (χ0n) is 7.01. The third kappa shape index (κ3) is 1.33. The van der Waals surface area contributed by atoms with Gasteiger partial charge in [0.05, 0.1) is 5.69 Å². The Morgan fingerprint density at radius 1 is 1.15 bits per heavy atom. The van der Waals surface area contributed by atoms with Gasteiger partial charge in [0.15, 0.2) is 0 Å². The first-order valence-corrected chi connectivity index (χ1v) is 3.93. The predicted octanol–water partition coefficient (Wildman–Crippen LogP) is 0.846. The van der Waals surface area contributed by atoms with Crippen molar-refractivity contribution in [1.82, 2.24) is 9.89 Å². The summed E-state index contributed by atoms with van der Waals surface area (Å²) in [5, 5.41) is 4.05. The van der Waals surface area contributed by atoms with Crippen LogP contribution in [-0.2, 0) is 0 Å². The molecule has 66 valence electrons. The van der Waals surface area contributed by atoms with Crippen molar-refractivity contribution < 1.29 is 0 Å². The van der Waals surface area contributed by atoms with E-state index < -0.39 is 0 Å². The average molecular weight is 174 g/mol. The van der Waals surface area contributed by atoms with Gasteiger partial charge in [-0.3, -0.25) is 0 Å². The number of rotatable bonds is 1. The SMILES string of the molecule is Nc1cc(-c2ccccc2)nn1N. The van der Waals surface area contributed by atoms with Crippen LogP contribution in [0.2, 0.25) is 0 Å². The molecule has 13 heavy (non-hydrogen) atoms. The van der Waals surface area contributed by atoms with Crippen LogP contribution in [-0.4, -0.2) is 9.89 Å². The van der Waals surface area contributed by atoms with E-state index in [-0.39, 0.29) is 0 Å². The third-order valence-corrected chi connectivity index (χ3v) is 1.83. The van der Waals surface area contributed by atoms with Gasteiger partial charge in [-0.25, -0.2) is 0 Å². The fourth-order valence-electron chi connectivity index (χ4n) is 1.16. The molecule has 0 saturated heterocycles. The average Bonchev–Trinajstić information content (AvgIpc) is 2.49. The minimum Gasteiger partial charge on any atom is -0.382 e. The summed E-state index contributed by atoms with van der Waals surface area (Å²) in [5.41, 5.74) is 7.36. The number of hydrogen-bond donors (Lipinski definition) is 2. The van der Waals surface area contributed by atoms with Crippen molar-refractivity contribution in [2.45, 2.75) is 0 Å². The lowest BCUT2D eigenvalue weighted by atomic mass is 10.2. The van der Waals surface area contributed by atoms with E-state index in [0.717, 1.165) is 11.3 Å². The van der Waals surface area contributed by atoms with Gasteiger partial charge in [0.1, 0.15) is 5.82 Å². The Bertz CT molecular complexity index is 385. The van der Waals surface area contributed by atoms with Crippen LogP contribution < -0.4 is 11.6 Å². The lowest BCUT2D eigenvalue weighted by Crippen LogP contribution is -2.12. The standard InChI is InChI=1S/C9H10N4/c10-9-6-8(12-13(9)11)7-4-2-1-3-5-7/h1-6H,10-11H2. The largest absolute Gasteiger partial charge is 0.382 e. The minimum absolute atomic E-state index is 0.457. The number of anilines is 1. The Morgan fingerprint density at radius 3 is 2.38 bits per heavy atom. The second-order valence-electron chi connectivity index (χ2n) is 2.77. The van der Waals surface area contributed by atoms with E-state index in [0.29, 0.717) is 5.82 Å². The summed E-state index contributed by atoms with van der Waals surface area (Å²) < 4.78 is 0. The minimum atomic E-state index is 0.457. The molecule has 0 radical (unpaired) electrons. The van der Waals surface area contributed by atoms with E-state index in [2.05, 4.69) is 5.10 Å². The van der Waals surface area contributed by atoms with Crippen LogP contribution in [0.1, 0.15) is 0 Å². The van der Waals surface area contributed by atoms with Crippen molar-refractivity contribution >= 4 is 5.82 Å². The lowest BCUT2D eigenvalue weighted by molar-refractivity contribution is 0.847. The summed E-state index contributed by atoms with van der Waals surface area (Å²) in [6, 6.07) is 11.5. The topological polar surface area (TPSA) is 69.9 Å². The maximum atomic E-state index is 5.55. The highest BCUT2D eigenvalue weighted by atomic mass is 15.5. The molecule has 4 nitrogen and oxygen atoms in total. The number of benzene rings is 1. The third-order valence-electron chi connectivity index (χ3n) is 1.83. The van der Waals surface area contributed by atoms with Crippen LogP contribution in [0.25, 0.3) is 11.3 Å². The molecule has 1 heterocycles. The van der Waals surface area contributed by atoms with Crippen LogP contribution in [0, 0.1) is 0 Å². The second-order valence-corrected chi connectivity index (χ2v) is 2.77. The van der Waals surface area contributed by atoms with E-state index in [4.69, 9.17) is 11.6 Å². The van der Waals surface area contributed by atoms with Gasteiger partial charge in [0.25, 0.3) is 0 Å². The van der Waals surface area contributed by atoms with Crippen LogP contribution in [0.4, 0.5) is 5.82 Å². The Hall–Kier alpha value is -1.97. The maximum Gasteiger partial charge on any atom is 0.145 e. The fraction of sp³-hybridized carbons (Fsp3) is 0. The molecule has 1 aromatic heterocycles. The summed E-state index contributed by atoms with van der Waals surface area (Å²) in [7, 11) is 0. The molecule has 4 N–H and O–H groups in total. The molecule has 0 unspecified atom stereocenters. The molecular weight excluding hydrogens is 164 g/mol. The zero-order valence-corrected chi connectivity index (χ0v) is 7.01. The number of nitrogen functional groups attached to an aromatic ring is 2. The summed E-state index contributed by atoms with van der Waals surface area (Å²) >= 11 is 0. The molecule has 4 heteroatoms. The van der Waals surface area contributed by atoms with Crippen molar-refractivity contribution in [2.24, 2.45) is 0 Å². The number of nitrogens with zero attached hydrogens (tertiary/aromatic N) is 2. The van der Waals surface area contributed by atoms with Crippen molar-refractivity contribution in [3.63, 3.8) is 0 Å². The van der Waals surface area contributed by atoms with Gasteiger partial charge in [-0.05, 0) is 0 Å². The van der Waals surface area contributed by atoms with Gasteiger partial charge in [-0.1, -0.05) is 30.3 Å². The predicted molar refractivity (Wildman–Crippen MR) is 52.2 cm³/mol. The molecule has 0 spiro atoms. The monoisotopic (exact) mass is 174 g/mol. The molecule has 0 amide bonds. The Balaban J connectivity index is 2.48. The zero-order chi connectivity index (χ0) is 9.26. The smallest absolute Gasteiger partial charge is 0.145 e. The maximum absolute atomic E-state index is 5.55. The fourth-order valence-corrected chi connectivity index (χ4v) is 1.16. The normalized spacial score (nSPS) is 10.2. The molecule has 0 atom stereocenters. The second kappa shape index (κ2) is 2.82. The number of nitrogens with two attached hydrogens (primary N) is 2. The van der Waals surface area contributed by atoms with Crippen LogP contribution >= 0.6 is 0 Å². The van der Waals surface area contributed by atoms with Gasteiger partial charge in [-0.15, -0.1) is 0 Å². The lowest BCUT2D eigenvalue weighted by Gasteiger charge is -1.93. The first kappa shape index (κ1) is 7.67. The van der Waals surface area contributed by atoms with E-state index in [1.165, 1.54) is 4.79 Å². The van der Waals surface area contributed by atoms with Gasteiger partial charge >= 0.3 is 0 Å². The Kier molecular flexibility index (Phi) is 1.66. The first-order chi connectivity index (χ1) is 6.27. The summed E-state index contributed by atoms with van der Waals surface area (Å²) in [6.07, 6.45) is 0. The van der Waals surface area contributed by atoms with Gasteiger partial charge in [0.2, 0.25) is 0 Å². The van der Waals surface area contributed by atoms with Gasteiger partial charge in [-0.2, -0.15) is 9.89 Å². The van der Waals surface area contributed by atoms with Crippen LogP contribution in [0.3, 0.4) is 0 Å². The molecule has 0 aliphatic rings. The first-order valence-electron chi connectivity index (χ1n) is 3.93. The molecule has 0 saturated carbocycles. The summed E-state index contributed by atoms with van der Waals surface area (Å²) in [5.74, 6) is 5.92. The van der Waals surface area contributed by atoms with Gasteiger partial charge < -0.3 is 11.6 Å². The molecular formula is C9H10N4. The highest BCUT2D eigenvalue weighted by Gasteiger charge is 2.03. The highest BCUT2D eigenvalue weighted by Crippen LogP contribution is 2.18. The molecule has 0 fully saturated rings. The van der Waals surface area contributed by atoms with Crippen LogP contribution in [0.5, 0.6) is 0 Å². The van der Waals surface area contributed by atoms with Crippen LogP contribution in [0.15, 0.2) is 36.4 Å². The Morgan fingerprint density at radius 2 is 1.85 bits per heavy atom. The summed E-state index contributed by atoms with van der Waals surface area (Å²) in [4.78, 5) is 1.17. The number of aromatic nitrogens is 2. The molecule has 2 aromatic rings. The van der Waals surface area contributed by atoms with E-state index >= 15 is 0 Å². The quantitative estimate of drug-likeness (QED) is 0.629. The van der Waals surface area contributed by atoms with E-state index in [1.807, 2.05) is 30.3 Å². The Labute approximate surface area is 75.7 Å². The van der Waals surface area contributed by atoms with E-state index in [9.17, 15) is 0 Å². The van der Waals surface area contributed by atoms with Crippen molar-refractivity contribution in [1.29, 1.82) is 0 Å². The molecule has 0 aliphatic carbocycles. The van der Waals surface area contributed by atoms with Crippen molar-refractivity contribution in [2.75, 3.05) is 11.6 Å². The highest BCUT2D eigenvalue weighted by molar-refractivity contribution is 5.61. The molecule has 0 aliphatic heterocycles. The van der Waals surface area contributed by atoms with Gasteiger partial charge in [0, 0.05) is 11.6 Å². The summed E-state index contributed by atoms with van der Waals surface area (Å²) in [6.45, 7) is 0. The molecule has 0 bridgehead atoms. The van der Waals surface area contributed by atoms with E-state index in [1.54, 1.807) is 6.07 Å².